The van der Waals surface area contributed by atoms with E-state index < -0.39 is 0 Å². The van der Waals surface area contributed by atoms with Gasteiger partial charge in [-0.25, -0.2) is 0 Å². The molecule has 6 aromatic carbocycles. The Hall–Kier alpha value is -6.10. The second kappa shape index (κ2) is 9.24. The topological polar surface area (TPSA) is 73.9 Å². The first-order valence-electron chi connectivity index (χ1n) is 13.6. The van der Waals surface area contributed by atoms with Crippen molar-refractivity contribution in [3.05, 3.63) is 132 Å². The molecule has 0 fully saturated rings. The summed E-state index contributed by atoms with van der Waals surface area (Å²) in [6.07, 6.45) is 0. The van der Waals surface area contributed by atoms with Crippen LogP contribution < -0.4 is 0 Å². The molecular weight excluding hydrogens is 516 g/mol. The van der Waals surface area contributed by atoms with Crippen molar-refractivity contribution < 1.29 is 8.83 Å². The molecule has 0 saturated carbocycles. The van der Waals surface area contributed by atoms with Crippen molar-refractivity contribution >= 4 is 43.9 Å². The van der Waals surface area contributed by atoms with Gasteiger partial charge in [0.05, 0.1) is 17.2 Å². The minimum atomic E-state index is 0.559. The highest BCUT2D eigenvalue weighted by molar-refractivity contribution is 6.13. The Kier molecular flexibility index (Phi) is 5.22. The third-order valence-corrected chi connectivity index (χ3v) is 7.96. The van der Waals surface area contributed by atoms with Gasteiger partial charge in [-0.15, -0.1) is 0 Å². The van der Waals surface area contributed by atoms with Crippen molar-refractivity contribution in [1.82, 2.24) is 0 Å². The van der Waals surface area contributed by atoms with Crippen molar-refractivity contribution in [2.24, 2.45) is 0 Å². The first-order valence-corrected chi connectivity index (χ1v) is 13.6. The fourth-order valence-electron chi connectivity index (χ4n) is 6.03. The van der Waals surface area contributed by atoms with Gasteiger partial charge in [0.2, 0.25) is 0 Å². The molecule has 0 radical (unpaired) electrons. The predicted molar refractivity (Wildman–Crippen MR) is 167 cm³/mol. The summed E-state index contributed by atoms with van der Waals surface area (Å²) in [5.41, 5.74) is 9.47. The highest BCUT2D eigenvalue weighted by Crippen LogP contribution is 2.43. The van der Waals surface area contributed by atoms with Crippen LogP contribution in [-0.4, -0.2) is 0 Å². The molecule has 0 saturated heterocycles. The second-order valence-corrected chi connectivity index (χ2v) is 10.3. The third-order valence-electron chi connectivity index (χ3n) is 7.96. The number of benzene rings is 6. The summed E-state index contributed by atoms with van der Waals surface area (Å²) in [4.78, 5) is 0. The predicted octanol–water partition coefficient (Wildman–Crippen LogP) is 10.2. The summed E-state index contributed by atoms with van der Waals surface area (Å²) in [7, 11) is 0. The quantitative estimate of drug-likeness (QED) is 0.225. The molecule has 2 aromatic heterocycles. The number of para-hydroxylation sites is 2. The monoisotopic (exact) mass is 536 g/mol. The van der Waals surface area contributed by atoms with Crippen LogP contribution >= 0.6 is 0 Å². The van der Waals surface area contributed by atoms with Crippen molar-refractivity contribution in [2.45, 2.75) is 0 Å². The molecule has 0 unspecified atom stereocenters. The minimum Gasteiger partial charge on any atom is -0.456 e. The van der Waals surface area contributed by atoms with Gasteiger partial charge in [-0.3, -0.25) is 0 Å². The number of hydrogen-bond donors (Lipinski definition) is 0. The smallest absolute Gasteiger partial charge is 0.136 e. The number of furan rings is 2. The van der Waals surface area contributed by atoms with Gasteiger partial charge >= 0.3 is 0 Å². The average molecular weight is 537 g/mol. The molecule has 4 heteroatoms. The molecule has 4 nitrogen and oxygen atoms in total. The van der Waals surface area contributed by atoms with E-state index in [0.29, 0.717) is 11.1 Å². The number of nitrogens with zero attached hydrogens (tertiary/aromatic N) is 2. The number of nitriles is 2. The second-order valence-electron chi connectivity index (χ2n) is 10.3. The molecule has 42 heavy (non-hydrogen) atoms. The van der Waals surface area contributed by atoms with E-state index >= 15 is 0 Å². The summed E-state index contributed by atoms with van der Waals surface area (Å²) in [5.74, 6) is 0. The Morgan fingerprint density at radius 1 is 0.429 bits per heavy atom. The summed E-state index contributed by atoms with van der Waals surface area (Å²) < 4.78 is 12.4. The molecule has 0 amide bonds. The highest BCUT2D eigenvalue weighted by atomic mass is 16.3. The lowest BCUT2D eigenvalue weighted by Gasteiger charge is -2.15. The molecule has 2 heterocycles. The molecular formula is C38H20N2O2. The lowest BCUT2D eigenvalue weighted by molar-refractivity contribution is 0.668. The number of fused-ring (bicyclic) bond motifs is 6. The standard InChI is InChI=1S/C38H20N2O2/c39-21-23-7-5-8-24(17-23)26-18-31(25-15-16-28-27-9-1-3-12-34(27)42-37(28)20-25)33(22-40)32(19-26)29-11-6-14-36-38(29)30-10-2-4-13-35(30)41-36/h1-20H. The van der Waals surface area contributed by atoms with Gasteiger partial charge in [0, 0.05) is 32.7 Å². The van der Waals surface area contributed by atoms with E-state index in [9.17, 15) is 10.5 Å². The Bertz CT molecular complexity index is 2450. The van der Waals surface area contributed by atoms with E-state index in [1.807, 2.05) is 97.1 Å². The van der Waals surface area contributed by atoms with Crippen LogP contribution in [-0.2, 0) is 0 Å². The van der Waals surface area contributed by atoms with Crippen molar-refractivity contribution in [3.8, 4) is 45.5 Å². The molecule has 8 aromatic rings. The van der Waals surface area contributed by atoms with Crippen molar-refractivity contribution in [1.29, 1.82) is 10.5 Å². The third kappa shape index (κ3) is 3.60. The largest absolute Gasteiger partial charge is 0.456 e. The molecule has 0 atom stereocenters. The molecule has 0 N–H and O–H groups in total. The highest BCUT2D eigenvalue weighted by Gasteiger charge is 2.20. The lowest BCUT2D eigenvalue weighted by Crippen LogP contribution is -1.93. The molecule has 194 valence electrons. The summed E-state index contributed by atoms with van der Waals surface area (Å²) in [6, 6.07) is 44.5. The maximum absolute atomic E-state index is 10.7. The average Bonchev–Trinajstić information content (AvgIpc) is 3.62. The summed E-state index contributed by atoms with van der Waals surface area (Å²) in [5, 5.41) is 24.3. The van der Waals surface area contributed by atoms with E-state index in [4.69, 9.17) is 8.83 Å². The molecule has 0 bridgehead atoms. The minimum absolute atomic E-state index is 0.559. The first kappa shape index (κ1) is 23.8. The van der Waals surface area contributed by atoms with Crippen LogP contribution in [0, 0.1) is 22.7 Å². The Morgan fingerprint density at radius 3 is 1.95 bits per heavy atom. The van der Waals surface area contributed by atoms with Gasteiger partial charge in [-0.1, -0.05) is 66.7 Å². The number of rotatable bonds is 3. The van der Waals surface area contributed by atoms with E-state index in [1.54, 1.807) is 6.07 Å². The number of hydrogen-bond acceptors (Lipinski definition) is 4. The van der Waals surface area contributed by atoms with Crippen LogP contribution in [0.3, 0.4) is 0 Å². The normalized spacial score (nSPS) is 11.3. The fraction of sp³-hybridized carbons (Fsp3) is 0. The SMILES string of the molecule is N#Cc1cccc(-c2cc(-c3ccc4c(c3)oc3ccccc34)c(C#N)c(-c3cccc4oc5ccccc5c34)c2)c1. The Labute approximate surface area is 240 Å². The van der Waals surface area contributed by atoms with Crippen LogP contribution in [0.4, 0.5) is 0 Å². The molecule has 0 aliphatic carbocycles. The van der Waals surface area contributed by atoms with Crippen LogP contribution in [0.5, 0.6) is 0 Å². The Balaban J connectivity index is 1.45. The maximum Gasteiger partial charge on any atom is 0.136 e. The van der Waals surface area contributed by atoms with Crippen LogP contribution in [0.25, 0.3) is 77.3 Å². The first-order chi connectivity index (χ1) is 20.7. The maximum atomic E-state index is 10.7. The zero-order chi connectivity index (χ0) is 28.2. The summed E-state index contributed by atoms with van der Waals surface area (Å²) >= 11 is 0. The fourth-order valence-corrected chi connectivity index (χ4v) is 6.03. The lowest BCUT2D eigenvalue weighted by atomic mass is 9.86. The molecule has 0 aliphatic heterocycles. The van der Waals surface area contributed by atoms with E-state index in [2.05, 4.69) is 30.3 Å². The van der Waals surface area contributed by atoms with Crippen LogP contribution in [0.15, 0.2) is 130 Å². The molecule has 8 rings (SSSR count). The Morgan fingerprint density at radius 2 is 1.12 bits per heavy atom. The van der Waals surface area contributed by atoms with Crippen LogP contribution in [0.2, 0.25) is 0 Å². The van der Waals surface area contributed by atoms with Crippen molar-refractivity contribution in [3.63, 3.8) is 0 Å². The van der Waals surface area contributed by atoms with Crippen LogP contribution in [0.1, 0.15) is 11.1 Å². The van der Waals surface area contributed by atoms with Gasteiger partial charge in [-0.2, -0.15) is 10.5 Å². The van der Waals surface area contributed by atoms with Gasteiger partial charge in [-0.05, 0) is 76.9 Å². The van der Waals surface area contributed by atoms with Gasteiger partial charge in [0.25, 0.3) is 0 Å². The van der Waals surface area contributed by atoms with Gasteiger partial charge < -0.3 is 8.83 Å². The zero-order valence-electron chi connectivity index (χ0n) is 22.3. The van der Waals surface area contributed by atoms with Gasteiger partial charge in [0.1, 0.15) is 28.4 Å². The molecule has 0 aliphatic rings. The van der Waals surface area contributed by atoms with Crippen molar-refractivity contribution in [2.75, 3.05) is 0 Å². The van der Waals surface area contributed by atoms with E-state index in [0.717, 1.165) is 77.3 Å². The zero-order valence-corrected chi connectivity index (χ0v) is 22.3. The van der Waals surface area contributed by atoms with Gasteiger partial charge in [0.15, 0.2) is 0 Å². The van der Waals surface area contributed by atoms with E-state index in [1.165, 1.54) is 0 Å². The van der Waals surface area contributed by atoms with E-state index in [-0.39, 0.29) is 0 Å². The summed E-state index contributed by atoms with van der Waals surface area (Å²) in [6.45, 7) is 0. The molecule has 0 spiro atoms.